The van der Waals surface area contributed by atoms with Crippen molar-refractivity contribution >= 4 is 29.9 Å². The summed E-state index contributed by atoms with van der Waals surface area (Å²) in [7, 11) is 0. The van der Waals surface area contributed by atoms with Gasteiger partial charge in [-0.3, -0.25) is 4.79 Å². The van der Waals surface area contributed by atoms with Gasteiger partial charge in [0, 0.05) is 24.2 Å². The third kappa shape index (κ3) is 4.90. The second-order valence-corrected chi connectivity index (χ2v) is 4.92. The van der Waals surface area contributed by atoms with E-state index in [0.29, 0.717) is 17.3 Å². The van der Waals surface area contributed by atoms with Gasteiger partial charge in [-0.1, -0.05) is 17.7 Å². The van der Waals surface area contributed by atoms with Gasteiger partial charge in [0.15, 0.2) is 6.61 Å². The maximum absolute atomic E-state index is 11.9. The van der Waals surface area contributed by atoms with Crippen LogP contribution in [0.3, 0.4) is 0 Å². The molecule has 19 heavy (non-hydrogen) atoms. The molecule has 0 saturated carbocycles. The smallest absolute Gasteiger partial charge is 0.260 e. The van der Waals surface area contributed by atoms with E-state index < -0.39 is 0 Å². The first-order chi connectivity index (χ1) is 8.65. The zero-order valence-electron chi connectivity index (χ0n) is 10.5. The molecular formula is C13H18Cl2N2O2. The van der Waals surface area contributed by atoms with Crippen molar-refractivity contribution in [3.63, 3.8) is 0 Å². The summed E-state index contributed by atoms with van der Waals surface area (Å²) in [5.74, 6) is 0.585. The summed E-state index contributed by atoms with van der Waals surface area (Å²) in [5.41, 5.74) is 5.84. The van der Waals surface area contributed by atoms with E-state index in [4.69, 9.17) is 22.1 Å². The molecule has 1 heterocycles. The Morgan fingerprint density at radius 3 is 3.00 bits per heavy atom. The third-order valence-corrected chi connectivity index (χ3v) is 3.20. The molecule has 0 radical (unpaired) electrons. The largest absolute Gasteiger partial charge is 0.484 e. The Bertz CT molecular complexity index is 429. The molecule has 0 aromatic heterocycles. The van der Waals surface area contributed by atoms with Crippen LogP contribution < -0.4 is 10.5 Å². The van der Waals surface area contributed by atoms with Crippen molar-refractivity contribution in [3.8, 4) is 5.75 Å². The van der Waals surface area contributed by atoms with Gasteiger partial charge >= 0.3 is 0 Å². The minimum absolute atomic E-state index is 0. The number of benzene rings is 1. The van der Waals surface area contributed by atoms with Crippen molar-refractivity contribution in [1.82, 2.24) is 4.90 Å². The minimum atomic E-state index is -0.0230. The molecule has 1 aromatic rings. The van der Waals surface area contributed by atoms with Gasteiger partial charge in [-0.15, -0.1) is 12.4 Å². The molecule has 1 fully saturated rings. The lowest BCUT2D eigenvalue weighted by molar-refractivity contribution is -0.134. The van der Waals surface area contributed by atoms with E-state index in [1.165, 1.54) is 0 Å². The van der Waals surface area contributed by atoms with E-state index in [9.17, 15) is 4.79 Å². The van der Waals surface area contributed by atoms with E-state index >= 15 is 0 Å². The number of piperidine rings is 1. The van der Waals surface area contributed by atoms with Gasteiger partial charge in [0.25, 0.3) is 5.91 Å². The number of likely N-dealkylation sites (tertiary alicyclic amines) is 1. The summed E-state index contributed by atoms with van der Waals surface area (Å²) in [6, 6.07) is 7.12. The lowest BCUT2D eigenvalue weighted by Crippen LogP contribution is -2.47. The molecular weight excluding hydrogens is 287 g/mol. The molecule has 1 aliphatic heterocycles. The van der Waals surface area contributed by atoms with E-state index in [1.807, 2.05) is 0 Å². The topological polar surface area (TPSA) is 55.6 Å². The van der Waals surface area contributed by atoms with Gasteiger partial charge in [-0.2, -0.15) is 0 Å². The van der Waals surface area contributed by atoms with Crippen LogP contribution in [0, 0.1) is 0 Å². The highest BCUT2D eigenvalue weighted by Gasteiger charge is 2.21. The summed E-state index contributed by atoms with van der Waals surface area (Å²) in [5, 5.41) is 0.597. The molecule has 1 unspecified atom stereocenters. The van der Waals surface area contributed by atoms with Gasteiger partial charge in [0.05, 0.1) is 0 Å². The Balaban J connectivity index is 0.00000180. The van der Waals surface area contributed by atoms with E-state index in [2.05, 4.69) is 0 Å². The summed E-state index contributed by atoms with van der Waals surface area (Å²) in [6.07, 6.45) is 1.95. The molecule has 0 bridgehead atoms. The monoisotopic (exact) mass is 304 g/mol. The highest BCUT2D eigenvalue weighted by atomic mass is 35.5. The van der Waals surface area contributed by atoms with Crippen molar-refractivity contribution in [1.29, 1.82) is 0 Å². The highest BCUT2D eigenvalue weighted by Crippen LogP contribution is 2.17. The van der Waals surface area contributed by atoms with Crippen LogP contribution in [0.1, 0.15) is 12.8 Å². The van der Waals surface area contributed by atoms with Crippen LogP contribution in [0.2, 0.25) is 5.02 Å². The number of amides is 1. The van der Waals surface area contributed by atoms with Crippen molar-refractivity contribution in [2.24, 2.45) is 5.73 Å². The molecule has 1 aromatic carbocycles. The second-order valence-electron chi connectivity index (χ2n) is 4.49. The number of ether oxygens (including phenoxy) is 1. The molecule has 1 aliphatic rings. The number of halogens is 2. The molecule has 2 N–H and O–H groups in total. The Labute approximate surface area is 124 Å². The number of carbonyl (C=O) groups is 1. The summed E-state index contributed by atoms with van der Waals surface area (Å²) in [4.78, 5) is 13.7. The van der Waals surface area contributed by atoms with Gasteiger partial charge in [0.2, 0.25) is 0 Å². The number of nitrogens with two attached hydrogens (primary N) is 1. The molecule has 4 nitrogen and oxygen atoms in total. The molecule has 1 saturated heterocycles. The first-order valence-electron chi connectivity index (χ1n) is 6.07. The molecule has 0 aliphatic carbocycles. The minimum Gasteiger partial charge on any atom is -0.484 e. The first-order valence-corrected chi connectivity index (χ1v) is 6.44. The normalized spacial score (nSPS) is 18.6. The number of carbonyl (C=O) groups excluding carboxylic acids is 1. The van der Waals surface area contributed by atoms with Gasteiger partial charge < -0.3 is 15.4 Å². The van der Waals surface area contributed by atoms with Crippen LogP contribution in [0.25, 0.3) is 0 Å². The van der Waals surface area contributed by atoms with Gasteiger partial charge in [0.1, 0.15) is 5.75 Å². The molecule has 1 amide bonds. The van der Waals surface area contributed by atoms with E-state index in [1.54, 1.807) is 29.2 Å². The number of rotatable bonds is 3. The quantitative estimate of drug-likeness (QED) is 0.930. The average Bonchev–Trinajstić information content (AvgIpc) is 2.36. The average molecular weight is 305 g/mol. The molecule has 0 spiro atoms. The number of hydrogen-bond acceptors (Lipinski definition) is 3. The van der Waals surface area contributed by atoms with Crippen molar-refractivity contribution in [2.45, 2.75) is 18.9 Å². The maximum atomic E-state index is 11.9. The summed E-state index contributed by atoms with van der Waals surface area (Å²) < 4.78 is 5.42. The van der Waals surface area contributed by atoms with Crippen LogP contribution in [-0.4, -0.2) is 36.5 Å². The van der Waals surface area contributed by atoms with Gasteiger partial charge in [-0.05, 0) is 31.0 Å². The fourth-order valence-electron chi connectivity index (χ4n) is 2.03. The van der Waals surface area contributed by atoms with Crippen LogP contribution in [0.5, 0.6) is 5.75 Å². The zero-order chi connectivity index (χ0) is 13.0. The van der Waals surface area contributed by atoms with Gasteiger partial charge in [-0.25, -0.2) is 0 Å². The SMILES string of the molecule is Cl.NC1CCCN(C(=O)COc2cccc(Cl)c2)C1. The molecule has 2 rings (SSSR count). The van der Waals surface area contributed by atoms with Crippen molar-refractivity contribution in [3.05, 3.63) is 29.3 Å². The van der Waals surface area contributed by atoms with Crippen LogP contribution >= 0.6 is 24.0 Å². The first kappa shape index (κ1) is 16.1. The Morgan fingerprint density at radius 1 is 1.53 bits per heavy atom. The third-order valence-electron chi connectivity index (χ3n) is 2.97. The standard InChI is InChI=1S/C13H17ClN2O2.ClH/c14-10-3-1-5-12(7-10)18-9-13(17)16-6-2-4-11(15)8-16;/h1,3,5,7,11H,2,4,6,8-9,15H2;1H. The van der Waals surface area contributed by atoms with Crippen LogP contribution in [-0.2, 0) is 4.79 Å². The summed E-state index contributed by atoms with van der Waals surface area (Å²) in [6.45, 7) is 1.43. The Hall–Kier alpha value is -0.970. The molecule has 106 valence electrons. The summed E-state index contributed by atoms with van der Waals surface area (Å²) >= 11 is 5.84. The van der Waals surface area contributed by atoms with E-state index in [-0.39, 0.29) is 31.0 Å². The predicted octanol–water partition coefficient (Wildman–Crippen LogP) is 2.09. The lowest BCUT2D eigenvalue weighted by atomic mass is 10.1. The lowest BCUT2D eigenvalue weighted by Gasteiger charge is -2.30. The number of hydrogen-bond donors (Lipinski definition) is 1. The predicted molar refractivity (Wildman–Crippen MR) is 78.0 cm³/mol. The molecule has 6 heteroatoms. The zero-order valence-corrected chi connectivity index (χ0v) is 12.1. The van der Waals surface area contributed by atoms with Crippen molar-refractivity contribution < 1.29 is 9.53 Å². The van der Waals surface area contributed by atoms with E-state index in [0.717, 1.165) is 19.4 Å². The highest BCUT2D eigenvalue weighted by molar-refractivity contribution is 6.30. The fraction of sp³-hybridized carbons (Fsp3) is 0.462. The number of nitrogens with zero attached hydrogens (tertiary/aromatic N) is 1. The second kappa shape index (κ2) is 7.58. The maximum Gasteiger partial charge on any atom is 0.260 e. The van der Waals surface area contributed by atoms with Crippen LogP contribution in [0.15, 0.2) is 24.3 Å². The van der Waals surface area contributed by atoms with Crippen LogP contribution in [0.4, 0.5) is 0 Å². The molecule has 1 atom stereocenters. The Morgan fingerprint density at radius 2 is 2.32 bits per heavy atom. The fourth-order valence-corrected chi connectivity index (χ4v) is 2.21. The Kier molecular flexibility index (Phi) is 6.42. The van der Waals surface area contributed by atoms with Crippen molar-refractivity contribution in [2.75, 3.05) is 19.7 Å².